The van der Waals surface area contributed by atoms with E-state index in [1.54, 1.807) is 6.07 Å². The lowest BCUT2D eigenvalue weighted by Gasteiger charge is -2.21. The topological polar surface area (TPSA) is 119 Å². The van der Waals surface area contributed by atoms with E-state index in [0.29, 0.717) is 11.4 Å². The maximum absolute atomic E-state index is 12.9. The number of hydrogen-bond acceptors (Lipinski definition) is 6. The summed E-state index contributed by atoms with van der Waals surface area (Å²) in [5.74, 6) is -0.275. The molecule has 1 fully saturated rings. The summed E-state index contributed by atoms with van der Waals surface area (Å²) in [6.45, 7) is 6.16. The fraction of sp³-hybridized carbons (Fsp3) is 0.409. The Morgan fingerprint density at radius 3 is 2.44 bits per heavy atom. The zero-order valence-electron chi connectivity index (χ0n) is 18.5. The van der Waals surface area contributed by atoms with Crippen LogP contribution < -0.4 is 14.8 Å². The third-order valence-electron chi connectivity index (χ3n) is 5.27. The number of methoxy groups -OCH3 is 1. The van der Waals surface area contributed by atoms with Crippen molar-refractivity contribution >= 4 is 31.5 Å². The molecule has 174 valence electrons. The van der Waals surface area contributed by atoms with Crippen LogP contribution in [0.2, 0.25) is 0 Å². The van der Waals surface area contributed by atoms with Gasteiger partial charge >= 0.3 is 0 Å². The van der Waals surface area contributed by atoms with Crippen LogP contribution in [-0.4, -0.2) is 47.4 Å². The first-order chi connectivity index (χ1) is 14.8. The first-order valence-corrected chi connectivity index (χ1v) is 13.4. The largest absolute Gasteiger partial charge is 0.495 e. The molecule has 1 saturated heterocycles. The van der Waals surface area contributed by atoms with Crippen LogP contribution in [0.25, 0.3) is 0 Å². The number of carbonyl (C=O) groups excluding carboxylic acids is 1. The summed E-state index contributed by atoms with van der Waals surface area (Å²) < 4.78 is 56.5. The minimum atomic E-state index is -3.98. The van der Waals surface area contributed by atoms with Gasteiger partial charge in [-0.2, -0.15) is 0 Å². The van der Waals surface area contributed by atoms with E-state index in [4.69, 9.17) is 4.74 Å². The van der Waals surface area contributed by atoms with Gasteiger partial charge in [0.2, 0.25) is 10.0 Å². The van der Waals surface area contributed by atoms with Gasteiger partial charge in [0, 0.05) is 11.6 Å². The Kier molecular flexibility index (Phi) is 6.69. The highest BCUT2D eigenvalue weighted by molar-refractivity contribution is 7.92. The van der Waals surface area contributed by atoms with E-state index in [9.17, 15) is 21.6 Å². The average Bonchev–Trinajstić information content (AvgIpc) is 3.04. The van der Waals surface area contributed by atoms with Crippen molar-refractivity contribution < 1.29 is 26.4 Å². The summed E-state index contributed by atoms with van der Waals surface area (Å²) in [6.07, 6.45) is 0.228. The fourth-order valence-electron chi connectivity index (χ4n) is 3.45. The van der Waals surface area contributed by atoms with Crippen LogP contribution >= 0.6 is 0 Å². The van der Waals surface area contributed by atoms with Crippen LogP contribution in [0.1, 0.15) is 43.1 Å². The smallest absolute Gasteiger partial charge is 0.255 e. The second kappa shape index (κ2) is 8.84. The van der Waals surface area contributed by atoms with Crippen molar-refractivity contribution in [2.45, 2.75) is 43.5 Å². The number of amides is 1. The first kappa shape index (κ1) is 24.2. The van der Waals surface area contributed by atoms with Gasteiger partial charge in [0.15, 0.2) is 9.84 Å². The number of rotatable bonds is 6. The van der Waals surface area contributed by atoms with Crippen LogP contribution in [0.4, 0.5) is 5.69 Å². The standard InChI is InChI=1S/C22H28N2O6S2/c1-22(2,3)16-8-9-20(30-4)19(13-16)23-21(25)15-6-5-7-18(12-15)32(28,29)24-17-10-11-31(26,27)14-17/h5-9,12-13,17,24H,10-11,14H2,1-4H3,(H,23,25). The number of anilines is 1. The van der Waals surface area contributed by atoms with E-state index in [2.05, 4.69) is 30.8 Å². The van der Waals surface area contributed by atoms with Crippen LogP contribution in [0.5, 0.6) is 5.75 Å². The highest BCUT2D eigenvalue weighted by Gasteiger charge is 2.31. The molecule has 3 rings (SSSR count). The van der Waals surface area contributed by atoms with Gasteiger partial charge in [-0.05, 0) is 47.7 Å². The molecule has 8 nitrogen and oxygen atoms in total. The Morgan fingerprint density at radius 1 is 1.12 bits per heavy atom. The van der Waals surface area contributed by atoms with Gasteiger partial charge in [-0.25, -0.2) is 21.6 Å². The Morgan fingerprint density at radius 2 is 1.84 bits per heavy atom. The molecule has 0 saturated carbocycles. The zero-order valence-corrected chi connectivity index (χ0v) is 20.1. The molecule has 1 amide bonds. The van der Waals surface area contributed by atoms with Gasteiger partial charge in [0.1, 0.15) is 5.75 Å². The predicted molar refractivity (Wildman–Crippen MR) is 123 cm³/mol. The number of carbonyl (C=O) groups is 1. The van der Waals surface area contributed by atoms with E-state index in [1.165, 1.54) is 31.4 Å². The van der Waals surface area contributed by atoms with Crippen molar-refractivity contribution in [3.8, 4) is 5.75 Å². The lowest BCUT2D eigenvalue weighted by atomic mass is 9.87. The van der Waals surface area contributed by atoms with Crippen LogP contribution in [0.3, 0.4) is 0 Å². The van der Waals surface area contributed by atoms with Gasteiger partial charge in [-0.1, -0.05) is 32.9 Å². The van der Waals surface area contributed by atoms with Crippen molar-refractivity contribution in [2.24, 2.45) is 0 Å². The molecule has 1 heterocycles. The molecule has 2 aromatic rings. The van der Waals surface area contributed by atoms with Gasteiger partial charge < -0.3 is 10.1 Å². The summed E-state index contributed by atoms with van der Waals surface area (Å²) in [7, 11) is -5.71. The van der Waals surface area contributed by atoms with E-state index in [0.717, 1.165) is 5.56 Å². The van der Waals surface area contributed by atoms with Crippen molar-refractivity contribution in [2.75, 3.05) is 23.9 Å². The van der Waals surface area contributed by atoms with E-state index < -0.39 is 31.8 Å². The molecule has 0 aliphatic carbocycles. The van der Waals surface area contributed by atoms with Crippen molar-refractivity contribution in [1.29, 1.82) is 0 Å². The number of ether oxygens (including phenoxy) is 1. The molecule has 0 bridgehead atoms. The Labute approximate surface area is 189 Å². The number of sulfone groups is 1. The molecule has 1 unspecified atom stereocenters. The quantitative estimate of drug-likeness (QED) is 0.656. The van der Waals surface area contributed by atoms with E-state index in [1.807, 2.05) is 12.1 Å². The maximum atomic E-state index is 12.9. The highest BCUT2D eigenvalue weighted by atomic mass is 32.2. The number of sulfonamides is 1. The summed E-state index contributed by atoms with van der Waals surface area (Å²) in [4.78, 5) is 12.8. The zero-order chi connectivity index (χ0) is 23.7. The molecule has 10 heteroatoms. The van der Waals surface area contributed by atoms with Crippen LogP contribution in [0.15, 0.2) is 47.4 Å². The summed E-state index contributed by atoms with van der Waals surface area (Å²) in [6, 6.07) is 10.5. The number of nitrogens with one attached hydrogen (secondary N) is 2. The minimum Gasteiger partial charge on any atom is -0.495 e. The third kappa shape index (κ3) is 5.67. The maximum Gasteiger partial charge on any atom is 0.255 e. The average molecular weight is 481 g/mol. The van der Waals surface area contributed by atoms with Crippen molar-refractivity contribution in [1.82, 2.24) is 4.72 Å². The Hall–Kier alpha value is -2.43. The molecule has 0 radical (unpaired) electrons. The lowest BCUT2D eigenvalue weighted by Crippen LogP contribution is -2.35. The summed E-state index contributed by atoms with van der Waals surface area (Å²) in [5.41, 5.74) is 1.49. The molecule has 1 aliphatic heterocycles. The number of hydrogen-bond donors (Lipinski definition) is 2. The lowest BCUT2D eigenvalue weighted by molar-refractivity contribution is 0.102. The third-order valence-corrected chi connectivity index (χ3v) is 8.56. The van der Waals surface area contributed by atoms with Crippen molar-refractivity contribution in [3.05, 3.63) is 53.6 Å². The highest BCUT2D eigenvalue weighted by Crippen LogP contribution is 2.31. The molecular formula is C22H28N2O6S2. The molecular weight excluding hydrogens is 452 g/mol. The molecule has 1 aliphatic rings. The van der Waals surface area contributed by atoms with Gasteiger partial charge in [-0.3, -0.25) is 4.79 Å². The van der Waals surface area contributed by atoms with Crippen LogP contribution in [-0.2, 0) is 25.3 Å². The SMILES string of the molecule is COc1ccc(C(C)(C)C)cc1NC(=O)c1cccc(S(=O)(=O)NC2CCS(=O)(=O)C2)c1. The predicted octanol–water partition coefficient (Wildman–Crippen LogP) is 2.71. The van der Waals surface area contributed by atoms with E-state index >= 15 is 0 Å². The van der Waals surface area contributed by atoms with Crippen LogP contribution in [0, 0.1) is 0 Å². The van der Waals surface area contributed by atoms with Gasteiger partial charge in [-0.15, -0.1) is 0 Å². The van der Waals surface area contributed by atoms with Gasteiger partial charge in [0.05, 0.1) is 29.2 Å². The Balaban J connectivity index is 1.83. The molecule has 1 atom stereocenters. The molecule has 0 spiro atoms. The molecule has 0 aromatic heterocycles. The second-order valence-corrected chi connectivity index (χ2v) is 12.8. The van der Waals surface area contributed by atoms with Gasteiger partial charge in [0.25, 0.3) is 5.91 Å². The summed E-state index contributed by atoms with van der Waals surface area (Å²) in [5, 5.41) is 2.79. The Bertz CT molecular complexity index is 1230. The second-order valence-electron chi connectivity index (χ2n) is 8.87. The fourth-order valence-corrected chi connectivity index (χ4v) is 6.54. The normalized spacial score (nSPS) is 18.3. The summed E-state index contributed by atoms with van der Waals surface area (Å²) >= 11 is 0. The molecule has 2 aromatic carbocycles. The molecule has 2 N–H and O–H groups in total. The molecule has 32 heavy (non-hydrogen) atoms. The first-order valence-electron chi connectivity index (χ1n) is 10.1. The van der Waals surface area contributed by atoms with Crippen molar-refractivity contribution in [3.63, 3.8) is 0 Å². The van der Waals surface area contributed by atoms with E-state index in [-0.39, 0.29) is 33.8 Å². The minimum absolute atomic E-state index is 0.0436. The monoisotopic (exact) mass is 480 g/mol. The number of benzene rings is 2.